The van der Waals surface area contributed by atoms with Gasteiger partial charge in [-0.1, -0.05) is 47.5 Å². The lowest BCUT2D eigenvalue weighted by Gasteiger charge is -2.12. The molecule has 0 spiro atoms. The second kappa shape index (κ2) is 10.6. The second-order valence-corrected chi connectivity index (χ2v) is 9.04. The number of rotatable bonds is 6. The Kier molecular flexibility index (Phi) is 7.33. The van der Waals surface area contributed by atoms with E-state index in [0.717, 1.165) is 22.2 Å². The van der Waals surface area contributed by atoms with E-state index in [1.54, 1.807) is 54.6 Å². The predicted octanol–water partition coefficient (Wildman–Crippen LogP) is 5.68. The molecular formula is C26H19ClN2O5S. The van der Waals surface area contributed by atoms with E-state index in [-0.39, 0.29) is 10.5 Å². The van der Waals surface area contributed by atoms with Crippen molar-refractivity contribution in [3.63, 3.8) is 0 Å². The predicted molar refractivity (Wildman–Crippen MR) is 136 cm³/mol. The average Bonchev–Trinajstić information content (AvgIpc) is 3.12. The van der Waals surface area contributed by atoms with Crippen molar-refractivity contribution in [2.24, 2.45) is 0 Å². The van der Waals surface area contributed by atoms with E-state index in [1.165, 1.54) is 12.1 Å². The fourth-order valence-corrected chi connectivity index (χ4v) is 4.25. The van der Waals surface area contributed by atoms with Crippen molar-refractivity contribution in [1.29, 1.82) is 0 Å². The van der Waals surface area contributed by atoms with Crippen LogP contribution in [0.3, 0.4) is 0 Å². The summed E-state index contributed by atoms with van der Waals surface area (Å²) in [6.45, 7) is 1.51. The molecule has 1 heterocycles. The van der Waals surface area contributed by atoms with Crippen LogP contribution >= 0.6 is 23.4 Å². The molecule has 0 bridgehead atoms. The molecule has 0 radical (unpaired) electrons. The number of ether oxygens (including phenoxy) is 1. The molecule has 9 heteroatoms. The summed E-state index contributed by atoms with van der Waals surface area (Å²) in [4.78, 5) is 50.8. The minimum Gasteiger partial charge on any atom is -0.452 e. The first kappa shape index (κ1) is 24.3. The first-order valence-electron chi connectivity index (χ1n) is 10.5. The lowest BCUT2D eigenvalue weighted by atomic mass is 10.1. The Morgan fingerprint density at radius 1 is 1.03 bits per heavy atom. The Morgan fingerprint density at radius 3 is 2.43 bits per heavy atom. The van der Waals surface area contributed by atoms with Crippen LogP contribution in [0.2, 0.25) is 5.02 Å². The Hall–Kier alpha value is -3.88. The number of imide groups is 1. The number of aryl methyl sites for hydroxylation is 1. The highest BCUT2D eigenvalue weighted by Gasteiger charge is 2.36. The van der Waals surface area contributed by atoms with Gasteiger partial charge in [0, 0.05) is 10.7 Å². The molecule has 7 nitrogen and oxygen atoms in total. The average molecular weight is 507 g/mol. The van der Waals surface area contributed by atoms with Crippen LogP contribution in [0, 0.1) is 6.92 Å². The van der Waals surface area contributed by atoms with Crippen molar-refractivity contribution in [2.75, 3.05) is 16.8 Å². The molecule has 1 aliphatic rings. The van der Waals surface area contributed by atoms with Crippen LogP contribution in [-0.2, 0) is 14.3 Å². The second-order valence-electron chi connectivity index (χ2n) is 7.61. The fraction of sp³-hybridized carbons (Fsp3) is 0.0769. The number of hydrogen-bond acceptors (Lipinski definition) is 6. The van der Waals surface area contributed by atoms with Crippen molar-refractivity contribution >= 4 is 63.8 Å². The number of nitrogens with zero attached hydrogens (tertiary/aromatic N) is 1. The minimum absolute atomic E-state index is 0.248. The molecule has 1 N–H and O–H groups in total. The van der Waals surface area contributed by atoms with E-state index < -0.39 is 29.6 Å². The molecular weight excluding hydrogens is 488 g/mol. The van der Waals surface area contributed by atoms with Crippen molar-refractivity contribution in [3.05, 3.63) is 99.4 Å². The third kappa shape index (κ3) is 5.98. The normalized spacial score (nSPS) is 14.3. The van der Waals surface area contributed by atoms with Gasteiger partial charge in [0.15, 0.2) is 6.61 Å². The maximum atomic E-state index is 12.8. The zero-order valence-electron chi connectivity index (χ0n) is 18.5. The van der Waals surface area contributed by atoms with E-state index in [4.69, 9.17) is 16.3 Å². The number of thioether (sulfide) groups is 1. The number of anilines is 2. The fourth-order valence-electron chi connectivity index (χ4n) is 3.22. The van der Waals surface area contributed by atoms with Gasteiger partial charge in [0.1, 0.15) is 0 Å². The van der Waals surface area contributed by atoms with Gasteiger partial charge in [0.2, 0.25) is 0 Å². The number of amides is 3. The third-order valence-corrected chi connectivity index (χ3v) is 6.08. The number of nitrogens with one attached hydrogen (secondary N) is 1. The highest BCUT2D eigenvalue weighted by Crippen LogP contribution is 2.36. The number of esters is 1. The third-order valence-electron chi connectivity index (χ3n) is 4.97. The first-order chi connectivity index (χ1) is 16.8. The Balaban J connectivity index is 1.36. The first-order valence-corrected chi connectivity index (χ1v) is 11.7. The van der Waals surface area contributed by atoms with Gasteiger partial charge in [0.25, 0.3) is 17.1 Å². The van der Waals surface area contributed by atoms with Crippen molar-refractivity contribution in [3.8, 4) is 0 Å². The van der Waals surface area contributed by atoms with E-state index in [2.05, 4.69) is 5.32 Å². The van der Waals surface area contributed by atoms with E-state index >= 15 is 0 Å². The number of hydrogen-bond donors (Lipinski definition) is 1. The summed E-state index contributed by atoms with van der Waals surface area (Å²) in [7, 11) is 0. The number of carbonyl (C=O) groups is 4. The van der Waals surface area contributed by atoms with Crippen LogP contribution in [0.25, 0.3) is 6.08 Å². The van der Waals surface area contributed by atoms with E-state index in [1.807, 2.05) is 19.1 Å². The standard InChI is InChI=1S/C26H19ClN2O5S/c1-16-5-11-20(12-6-16)28-23(30)15-34-25(32)18-9-7-17(8-10-18)13-22-24(31)29(26(33)35-22)21-4-2-3-19(27)14-21/h2-14H,15H2,1H3,(H,28,30)/b22-13+. The molecule has 0 aromatic heterocycles. The maximum absolute atomic E-state index is 12.8. The smallest absolute Gasteiger partial charge is 0.338 e. The lowest BCUT2D eigenvalue weighted by Crippen LogP contribution is -2.27. The van der Waals surface area contributed by atoms with Gasteiger partial charge < -0.3 is 10.1 Å². The van der Waals surface area contributed by atoms with E-state index in [0.29, 0.717) is 22.0 Å². The van der Waals surface area contributed by atoms with E-state index in [9.17, 15) is 19.2 Å². The summed E-state index contributed by atoms with van der Waals surface area (Å²) >= 11 is 6.80. The highest BCUT2D eigenvalue weighted by atomic mass is 35.5. The highest BCUT2D eigenvalue weighted by molar-refractivity contribution is 8.19. The lowest BCUT2D eigenvalue weighted by molar-refractivity contribution is -0.119. The number of benzene rings is 3. The Morgan fingerprint density at radius 2 is 1.74 bits per heavy atom. The molecule has 3 aromatic carbocycles. The molecule has 176 valence electrons. The van der Waals surface area contributed by atoms with Gasteiger partial charge in [-0.15, -0.1) is 0 Å². The van der Waals surface area contributed by atoms with Gasteiger partial charge >= 0.3 is 5.97 Å². The van der Waals surface area contributed by atoms with Crippen LogP contribution in [0.15, 0.2) is 77.7 Å². The maximum Gasteiger partial charge on any atom is 0.338 e. The zero-order valence-corrected chi connectivity index (χ0v) is 20.1. The molecule has 1 saturated heterocycles. The number of carbonyl (C=O) groups excluding carboxylic acids is 4. The zero-order chi connectivity index (χ0) is 24.9. The van der Waals surface area contributed by atoms with Gasteiger partial charge in [0.05, 0.1) is 16.2 Å². The molecule has 0 unspecified atom stereocenters. The Bertz CT molecular complexity index is 1340. The summed E-state index contributed by atoms with van der Waals surface area (Å²) in [5.41, 5.74) is 2.94. The van der Waals surface area contributed by atoms with Gasteiger partial charge in [-0.2, -0.15) is 0 Å². The SMILES string of the molecule is Cc1ccc(NC(=O)COC(=O)c2ccc(/C=C3/SC(=O)N(c4cccc(Cl)c4)C3=O)cc2)cc1. The minimum atomic E-state index is -0.656. The molecule has 3 aromatic rings. The van der Waals surface area contributed by atoms with Crippen LogP contribution in [-0.4, -0.2) is 29.6 Å². The molecule has 4 rings (SSSR count). The molecule has 35 heavy (non-hydrogen) atoms. The largest absolute Gasteiger partial charge is 0.452 e. The molecule has 1 fully saturated rings. The molecule has 0 atom stereocenters. The van der Waals surface area contributed by atoms with Crippen molar-refractivity contribution in [2.45, 2.75) is 6.92 Å². The van der Waals surface area contributed by atoms with Crippen LogP contribution in [0.5, 0.6) is 0 Å². The van der Waals surface area contributed by atoms with Gasteiger partial charge in [-0.25, -0.2) is 9.69 Å². The van der Waals surface area contributed by atoms with Crippen LogP contribution < -0.4 is 10.2 Å². The van der Waals surface area contributed by atoms with Crippen LogP contribution in [0.4, 0.5) is 16.2 Å². The molecule has 3 amide bonds. The molecule has 0 aliphatic carbocycles. The van der Waals surface area contributed by atoms with Crippen molar-refractivity contribution < 1.29 is 23.9 Å². The summed E-state index contributed by atoms with van der Waals surface area (Å²) < 4.78 is 5.08. The summed E-state index contributed by atoms with van der Waals surface area (Å²) in [5, 5.41) is 2.65. The molecule has 1 aliphatic heterocycles. The summed E-state index contributed by atoms with van der Waals surface area (Å²) in [6, 6.07) is 20.0. The van der Waals surface area contributed by atoms with Crippen LogP contribution in [0.1, 0.15) is 21.5 Å². The van der Waals surface area contributed by atoms with Gasteiger partial charge in [-0.05, 0) is 72.8 Å². The quantitative estimate of drug-likeness (QED) is 0.341. The van der Waals surface area contributed by atoms with Crippen molar-refractivity contribution in [1.82, 2.24) is 0 Å². The Labute approximate surface area is 210 Å². The molecule has 0 saturated carbocycles. The topological polar surface area (TPSA) is 92.8 Å². The van der Waals surface area contributed by atoms with Gasteiger partial charge in [-0.3, -0.25) is 14.4 Å². The monoisotopic (exact) mass is 506 g/mol. The summed E-state index contributed by atoms with van der Waals surface area (Å²) in [5.74, 6) is -1.56. The number of halogens is 1. The summed E-state index contributed by atoms with van der Waals surface area (Å²) in [6.07, 6.45) is 1.57.